The van der Waals surface area contributed by atoms with E-state index in [0.29, 0.717) is 6.04 Å². The molecule has 1 rings (SSSR count). The van der Waals surface area contributed by atoms with Crippen LogP contribution in [0.1, 0.15) is 58.8 Å². The van der Waals surface area contributed by atoms with E-state index < -0.39 is 0 Å². The Labute approximate surface area is 106 Å². The van der Waals surface area contributed by atoms with Crippen LogP contribution in [0.15, 0.2) is 0 Å². The average Bonchev–Trinajstić information content (AvgIpc) is 2.36. The minimum Gasteiger partial charge on any atom is -0.353 e. The predicted octanol–water partition coefficient (Wildman–Crippen LogP) is 2.46. The van der Waals surface area contributed by atoms with Crippen LogP contribution in [0.3, 0.4) is 0 Å². The Hall–Kier alpha value is -0.570. The van der Waals surface area contributed by atoms with Crippen molar-refractivity contribution in [3.05, 3.63) is 0 Å². The molecule has 1 unspecified atom stereocenters. The molecule has 0 aromatic heterocycles. The first kappa shape index (κ1) is 14.5. The van der Waals surface area contributed by atoms with E-state index in [0.717, 1.165) is 32.4 Å². The molecule has 1 amide bonds. The van der Waals surface area contributed by atoms with Crippen LogP contribution in [-0.2, 0) is 4.79 Å². The second kappa shape index (κ2) is 8.51. The molecule has 0 spiro atoms. The van der Waals surface area contributed by atoms with Gasteiger partial charge in [-0.05, 0) is 32.7 Å². The Morgan fingerprint density at radius 2 is 2.24 bits per heavy atom. The highest BCUT2D eigenvalue weighted by Crippen LogP contribution is 2.11. The number of carbonyl (C=O) groups is 1. The summed E-state index contributed by atoms with van der Waals surface area (Å²) in [6.45, 7) is 6.27. The first-order valence-corrected chi connectivity index (χ1v) is 7.25. The molecule has 1 fully saturated rings. The number of piperidine rings is 1. The van der Waals surface area contributed by atoms with Crippen LogP contribution >= 0.6 is 0 Å². The van der Waals surface area contributed by atoms with Crippen LogP contribution in [0.2, 0.25) is 0 Å². The Bertz CT molecular complexity index is 212. The van der Waals surface area contributed by atoms with Crippen molar-refractivity contribution in [2.75, 3.05) is 13.1 Å². The number of nitrogens with one attached hydrogen (secondary N) is 2. The molecule has 3 nitrogen and oxygen atoms in total. The Morgan fingerprint density at radius 1 is 1.41 bits per heavy atom. The van der Waals surface area contributed by atoms with Gasteiger partial charge in [0.1, 0.15) is 0 Å². The van der Waals surface area contributed by atoms with Gasteiger partial charge in [0.15, 0.2) is 0 Å². The summed E-state index contributed by atoms with van der Waals surface area (Å²) in [5, 5.41) is 6.44. The first-order valence-electron chi connectivity index (χ1n) is 7.25. The lowest BCUT2D eigenvalue weighted by molar-refractivity contribution is -0.126. The van der Waals surface area contributed by atoms with Gasteiger partial charge in [-0.15, -0.1) is 0 Å². The second-order valence-corrected chi connectivity index (χ2v) is 5.30. The predicted molar refractivity (Wildman–Crippen MR) is 72.0 cm³/mol. The van der Waals surface area contributed by atoms with Crippen molar-refractivity contribution in [1.29, 1.82) is 0 Å². The molecule has 2 N–H and O–H groups in total. The van der Waals surface area contributed by atoms with Gasteiger partial charge in [-0.1, -0.05) is 32.6 Å². The summed E-state index contributed by atoms with van der Waals surface area (Å²) in [7, 11) is 0. The quantitative estimate of drug-likeness (QED) is 0.671. The topological polar surface area (TPSA) is 41.1 Å². The molecule has 0 aromatic rings. The zero-order valence-electron chi connectivity index (χ0n) is 11.4. The third-order valence-electron chi connectivity index (χ3n) is 3.55. The number of hydrogen-bond donors (Lipinski definition) is 2. The van der Waals surface area contributed by atoms with Crippen LogP contribution < -0.4 is 10.6 Å². The summed E-state index contributed by atoms with van der Waals surface area (Å²) in [6.07, 6.45) is 8.40. The van der Waals surface area contributed by atoms with Crippen molar-refractivity contribution in [2.45, 2.75) is 64.8 Å². The second-order valence-electron chi connectivity index (χ2n) is 5.30. The fourth-order valence-corrected chi connectivity index (χ4v) is 2.39. The molecule has 0 bridgehead atoms. The van der Waals surface area contributed by atoms with Crippen LogP contribution in [0.5, 0.6) is 0 Å². The van der Waals surface area contributed by atoms with Gasteiger partial charge >= 0.3 is 0 Å². The zero-order valence-corrected chi connectivity index (χ0v) is 11.4. The van der Waals surface area contributed by atoms with Gasteiger partial charge in [0.2, 0.25) is 5.91 Å². The third-order valence-corrected chi connectivity index (χ3v) is 3.55. The fourth-order valence-electron chi connectivity index (χ4n) is 2.39. The monoisotopic (exact) mass is 240 g/mol. The van der Waals surface area contributed by atoms with E-state index in [4.69, 9.17) is 0 Å². The molecule has 0 aliphatic carbocycles. The minimum absolute atomic E-state index is 0.196. The third kappa shape index (κ3) is 6.06. The number of amides is 1. The van der Waals surface area contributed by atoms with E-state index in [1.165, 1.54) is 25.7 Å². The summed E-state index contributed by atoms with van der Waals surface area (Å²) < 4.78 is 0. The van der Waals surface area contributed by atoms with Gasteiger partial charge in [0.25, 0.3) is 0 Å². The summed E-state index contributed by atoms with van der Waals surface area (Å²) >= 11 is 0. The molecule has 0 aromatic carbocycles. The molecular formula is C14H28N2O. The van der Waals surface area contributed by atoms with Crippen molar-refractivity contribution in [2.24, 2.45) is 5.92 Å². The number of hydrogen-bond acceptors (Lipinski definition) is 2. The maximum Gasteiger partial charge on any atom is 0.224 e. The van der Waals surface area contributed by atoms with Crippen molar-refractivity contribution in [3.63, 3.8) is 0 Å². The van der Waals surface area contributed by atoms with Gasteiger partial charge in [0.05, 0.1) is 5.92 Å². The lowest BCUT2D eigenvalue weighted by Crippen LogP contribution is -2.43. The summed E-state index contributed by atoms with van der Waals surface area (Å²) in [5.74, 6) is 0.446. The van der Waals surface area contributed by atoms with Gasteiger partial charge < -0.3 is 10.6 Å². The molecule has 1 aliphatic heterocycles. The lowest BCUT2D eigenvalue weighted by atomic mass is 9.98. The Balaban J connectivity index is 2.11. The normalized spacial score (nSPS) is 22.1. The van der Waals surface area contributed by atoms with Crippen LogP contribution in [0.4, 0.5) is 0 Å². The summed E-state index contributed by atoms with van der Waals surface area (Å²) in [4.78, 5) is 11.9. The first-order chi connectivity index (χ1) is 8.24. The smallest absolute Gasteiger partial charge is 0.224 e. The summed E-state index contributed by atoms with van der Waals surface area (Å²) in [6, 6.07) is 0.335. The van der Waals surface area contributed by atoms with E-state index in [1.54, 1.807) is 0 Å². The summed E-state index contributed by atoms with van der Waals surface area (Å²) in [5.41, 5.74) is 0. The molecule has 17 heavy (non-hydrogen) atoms. The molecule has 100 valence electrons. The van der Waals surface area contributed by atoms with Crippen LogP contribution in [0, 0.1) is 5.92 Å². The van der Waals surface area contributed by atoms with E-state index in [9.17, 15) is 4.79 Å². The van der Waals surface area contributed by atoms with Crippen molar-refractivity contribution < 1.29 is 4.79 Å². The van der Waals surface area contributed by atoms with E-state index in [1.807, 2.05) is 0 Å². The molecule has 0 radical (unpaired) electrons. The lowest BCUT2D eigenvalue weighted by Gasteiger charge is -2.24. The average molecular weight is 240 g/mol. The molecule has 1 saturated heterocycles. The minimum atomic E-state index is 0.196. The zero-order chi connectivity index (χ0) is 12.5. The van der Waals surface area contributed by atoms with Crippen molar-refractivity contribution >= 4 is 5.91 Å². The highest BCUT2D eigenvalue weighted by atomic mass is 16.1. The van der Waals surface area contributed by atoms with Gasteiger partial charge in [-0.3, -0.25) is 4.79 Å². The van der Waals surface area contributed by atoms with E-state index in [-0.39, 0.29) is 11.8 Å². The Kier molecular flexibility index (Phi) is 7.25. The van der Waals surface area contributed by atoms with Crippen LogP contribution in [0.25, 0.3) is 0 Å². The maximum absolute atomic E-state index is 11.9. The molecule has 3 heteroatoms. The van der Waals surface area contributed by atoms with Crippen LogP contribution in [-0.4, -0.2) is 25.0 Å². The SMILES string of the molecule is CCCCCCC(C)NC(=O)[C@@H]1CCCNC1. The highest BCUT2D eigenvalue weighted by Gasteiger charge is 2.21. The van der Waals surface area contributed by atoms with Crippen molar-refractivity contribution in [1.82, 2.24) is 10.6 Å². The molecule has 1 aliphatic rings. The Morgan fingerprint density at radius 3 is 2.88 bits per heavy atom. The van der Waals surface area contributed by atoms with E-state index in [2.05, 4.69) is 24.5 Å². The number of rotatable bonds is 7. The number of carbonyl (C=O) groups excluding carboxylic acids is 1. The largest absolute Gasteiger partial charge is 0.353 e. The molecule has 0 saturated carbocycles. The van der Waals surface area contributed by atoms with Gasteiger partial charge in [0, 0.05) is 12.6 Å². The van der Waals surface area contributed by atoms with E-state index >= 15 is 0 Å². The fraction of sp³-hybridized carbons (Fsp3) is 0.929. The highest BCUT2D eigenvalue weighted by molar-refractivity contribution is 5.79. The molecule has 2 atom stereocenters. The van der Waals surface area contributed by atoms with Gasteiger partial charge in [-0.2, -0.15) is 0 Å². The van der Waals surface area contributed by atoms with Gasteiger partial charge in [-0.25, -0.2) is 0 Å². The standard InChI is InChI=1S/C14H28N2O/c1-3-4-5-6-8-12(2)16-14(17)13-9-7-10-15-11-13/h12-13,15H,3-11H2,1-2H3,(H,16,17)/t12?,13-/m1/s1. The number of unbranched alkanes of at least 4 members (excludes halogenated alkanes) is 3. The molecule has 1 heterocycles. The maximum atomic E-state index is 11.9. The van der Waals surface area contributed by atoms with Crippen molar-refractivity contribution in [3.8, 4) is 0 Å². The molecular weight excluding hydrogens is 212 g/mol.